The molecular formula is C13H23N3S. The lowest BCUT2D eigenvalue weighted by Gasteiger charge is -2.30. The number of hydrogen-bond acceptors (Lipinski definition) is 3. The molecular weight excluding hydrogens is 230 g/mol. The van der Waals surface area contributed by atoms with Crippen LogP contribution in [0.15, 0.2) is 12.3 Å². The minimum atomic E-state index is 0.401. The molecule has 3 nitrogen and oxygen atoms in total. The fourth-order valence-electron chi connectivity index (χ4n) is 2.71. The van der Waals surface area contributed by atoms with Gasteiger partial charge < -0.3 is 5.32 Å². The molecule has 1 atom stereocenters. The van der Waals surface area contributed by atoms with E-state index < -0.39 is 0 Å². The Balaban J connectivity index is 1.84. The summed E-state index contributed by atoms with van der Waals surface area (Å²) in [7, 11) is 2.01. The number of hydrogen-bond donors (Lipinski definition) is 1. The van der Waals surface area contributed by atoms with Gasteiger partial charge in [0.2, 0.25) is 0 Å². The van der Waals surface area contributed by atoms with Gasteiger partial charge in [0.1, 0.15) is 0 Å². The molecule has 1 aromatic heterocycles. The highest BCUT2D eigenvalue weighted by Gasteiger charge is 2.22. The first kappa shape index (κ1) is 13.0. The molecule has 96 valence electrons. The average molecular weight is 253 g/mol. The van der Waals surface area contributed by atoms with E-state index in [2.05, 4.69) is 29.7 Å². The quantitative estimate of drug-likeness (QED) is 0.895. The number of nitrogens with zero attached hydrogens (tertiary/aromatic N) is 2. The molecule has 0 saturated heterocycles. The van der Waals surface area contributed by atoms with Gasteiger partial charge in [-0.05, 0) is 44.9 Å². The van der Waals surface area contributed by atoms with E-state index in [4.69, 9.17) is 0 Å². The molecule has 0 aliphatic heterocycles. The van der Waals surface area contributed by atoms with E-state index in [0.29, 0.717) is 12.1 Å². The standard InChI is InChI=1S/C13H23N3S/c1-10(13-8-9-14-16(13)2)15-11-4-6-12(17-3)7-5-11/h8-12,15H,4-7H2,1-3H3. The van der Waals surface area contributed by atoms with Gasteiger partial charge in [0.15, 0.2) is 0 Å². The SMILES string of the molecule is CSC1CCC(NC(C)c2ccnn2C)CC1. The second kappa shape index (κ2) is 5.91. The molecule has 0 aromatic carbocycles. The van der Waals surface area contributed by atoms with Crippen molar-refractivity contribution in [3.63, 3.8) is 0 Å². The first-order valence-corrected chi connectivity index (χ1v) is 7.76. The van der Waals surface area contributed by atoms with Gasteiger partial charge in [-0.1, -0.05) is 0 Å². The summed E-state index contributed by atoms with van der Waals surface area (Å²) in [5, 5.41) is 8.85. The number of nitrogens with one attached hydrogen (secondary N) is 1. The Morgan fingerprint density at radius 2 is 2.12 bits per heavy atom. The fraction of sp³-hybridized carbons (Fsp3) is 0.769. The number of rotatable bonds is 4. The summed E-state index contributed by atoms with van der Waals surface area (Å²) >= 11 is 2.02. The smallest absolute Gasteiger partial charge is 0.0547 e. The van der Waals surface area contributed by atoms with Crippen LogP contribution in [-0.4, -0.2) is 27.3 Å². The van der Waals surface area contributed by atoms with Gasteiger partial charge in [-0.3, -0.25) is 4.68 Å². The van der Waals surface area contributed by atoms with E-state index in [9.17, 15) is 0 Å². The molecule has 1 aromatic rings. The van der Waals surface area contributed by atoms with E-state index in [0.717, 1.165) is 5.25 Å². The van der Waals surface area contributed by atoms with Crippen LogP contribution >= 0.6 is 11.8 Å². The lowest BCUT2D eigenvalue weighted by atomic mass is 9.94. The maximum Gasteiger partial charge on any atom is 0.0547 e. The molecule has 2 rings (SSSR count). The monoisotopic (exact) mass is 253 g/mol. The summed E-state index contributed by atoms with van der Waals surface area (Å²) in [6.07, 6.45) is 9.45. The largest absolute Gasteiger partial charge is 0.306 e. The van der Waals surface area contributed by atoms with E-state index in [-0.39, 0.29) is 0 Å². The van der Waals surface area contributed by atoms with E-state index >= 15 is 0 Å². The maximum atomic E-state index is 4.23. The first-order chi connectivity index (χ1) is 8.20. The van der Waals surface area contributed by atoms with Crippen molar-refractivity contribution in [3.05, 3.63) is 18.0 Å². The molecule has 1 aliphatic carbocycles. The Labute approximate surface area is 108 Å². The molecule has 4 heteroatoms. The van der Waals surface area contributed by atoms with Crippen LogP contribution in [0.1, 0.15) is 44.3 Å². The summed E-state index contributed by atoms with van der Waals surface area (Å²) < 4.78 is 1.96. The predicted octanol–water partition coefficient (Wildman–Crippen LogP) is 2.74. The van der Waals surface area contributed by atoms with Gasteiger partial charge in [0.05, 0.1) is 5.69 Å². The van der Waals surface area contributed by atoms with Crippen LogP contribution in [0, 0.1) is 0 Å². The molecule has 1 heterocycles. The Bertz CT molecular complexity index is 342. The molecule has 1 N–H and O–H groups in total. The fourth-order valence-corrected chi connectivity index (χ4v) is 3.46. The number of aromatic nitrogens is 2. The lowest BCUT2D eigenvalue weighted by Crippen LogP contribution is -2.36. The molecule has 0 amide bonds. The Hall–Kier alpha value is -0.480. The van der Waals surface area contributed by atoms with Gasteiger partial charge in [-0.25, -0.2) is 0 Å². The molecule has 1 saturated carbocycles. The average Bonchev–Trinajstić information content (AvgIpc) is 2.76. The number of thioether (sulfide) groups is 1. The van der Waals surface area contributed by atoms with Crippen LogP contribution in [0.4, 0.5) is 0 Å². The minimum Gasteiger partial charge on any atom is -0.306 e. The summed E-state index contributed by atoms with van der Waals surface area (Å²) in [5.74, 6) is 0. The van der Waals surface area contributed by atoms with Gasteiger partial charge in [0.25, 0.3) is 0 Å². The van der Waals surface area contributed by atoms with Crippen LogP contribution in [0.25, 0.3) is 0 Å². The van der Waals surface area contributed by atoms with E-state index in [1.165, 1.54) is 31.4 Å². The highest BCUT2D eigenvalue weighted by atomic mass is 32.2. The van der Waals surface area contributed by atoms with Crippen LogP contribution in [0.3, 0.4) is 0 Å². The predicted molar refractivity (Wildman–Crippen MR) is 74.3 cm³/mol. The zero-order valence-corrected chi connectivity index (χ0v) is 11.8. The molecule has 0 radical (unpaired) electrons. The highest BCUT2D eigenvalue weighted by Crippen LogP contribution is 2.28. The third-order valence-electron chi connectivity index (χ3n) is 3.80. The van der Waals surface area contributed by atoms with Crippen molar-refractivity contribution in [3.8, 4) is 0 Å². The van der Waals surface area contributed by atoms with Crippen molar-refractivity contribution in [1.29, 1.82) is 0 Å². The normalized spacial score (nSPS) is 27.0. The van der Waals surface area contributed by atoms with Crippen LogP contribution < -0.4 is 5.32 Å². The number of aryl methyl sites for hydroxylation is 1. The molecule has 1 aliphatic rings. The second-order valence-electron chi connectivity index (χ2n) is 4.98. The van der Waals surface area contributed by atoms with Gasteiger partial charge >= 0.3 is 0 Å². The third kappa shape index (κ3) is 3.26. The minimum absolute atomic E-state index is 0.401. The Kier molecular flexibility index (Phi) is 4.51. The molecule has 1 fully saturated rings. The summed E-state index contributed by atoms with van der Waals surface area (Å²) in [6.45, 7) is 2.23. The van der Waals surface area contributed by atoms with Crippen molar-refractivity contribution in [2.45, 2.75) is 49.9 Å². The molecule has 17 heavy (non-hydrogen) atoms. The maximum absolute atomic E-state index is 4.23. The molecule has 1 unspecified atom stereocenters. The third-order valence-corrected chi connectivity index (χ3v) is 4.93. The summed E-state index contributed by atoms with van der Waals surface area (Å²) in [4.78, 5) is 0. The Morgan fingerprint density at radius 1 is 1.41 bits per heavy atom. The van der Waals surface area contributed by atoms with Crippen LogP contribution in [0.5, 0.6) is 0 Å². The van der Waals surface area contributed by atoms with Gasteiger partial charge in [0, 0.05) is 30.6 Å². The zero-order valence-electron chi connectivity index (χ0n) is 11.0. The van der Waals surface area contributed by atoms with Crippen molar-refractivity contribution in [2.24, 2.45) is 7.05 Å². The molecule has 0 spiro atoms. The van der Waals surface area contributed by atoms with E-state index in [1.54, 1.807) is 0 Å². The zero-order chi connectivity index (χ0) is 12.3. The van der Waals surface area contributed by atoms with Crippen LogP contribution in [0.2, 0.25) is 0 Å². The second-order valence-corrected chi connectivity index (χ2v) is 6.12. The van der Waals surface area contributed by atoms with Crippen LogP contribution in [-0.2, 0) is 7.05 Å². The first-order valence-electron chi connectivity index (χ1n) is 6.47. The van der Waals surface area contributed by atoms with Crippen molar-refractivity contribution >= 4 is 11.8 Å². The van der Waals surface area contributed by atoms with Crippen molar-refractivity contribution in [1.82, 2.24) is 15.1 Å². The lowest BCUT2D eigenvalue weighted by molar-refractivity contribution is 0.346. The van der Waals surface area contributed by atoms with Crippen molar-refractivity contribution < 1.29 is 0 Å². The van der Waals surface area contributed by atoms with E-state index in [1.807, 2.05) is 29.7 Å². The summed E-state index contributed by atoms with van der Waals surface area (Å²) in [6, 6.07) is 3.19. The highest BCUT2D eigenvalue weighted by molar-refractivity contribution is 7.99. The van der Waals surface area contributed by atoms with Gasteiger partial charge in [-0.15, -0.1) is 0 Å². The summed E-state index contributed by atoms with van der Waals surface area (Å²) in [5.41, 5.74) is 1.27. The Morgan fingerprint density at radius 3 is 2.65 bits per heavy atom. The van der Waals surface area contributed by atoms with Gasteiger partial charge in [-0.2, -0.15) is 16.9 Å². The topological polar surface area (TPSA) is 29.9 Å². The molecule has 0 bridgehead atoms. The van der Waals surface area contributed by atoms with Crippen molar-refractivity contribution in [2.75, 3.05) is 6.26 Å².